The molecule has 0 saturated heterocycles. The zero-order valence-corrected chi connectivity index (χ0v) is 10.1. The highest BCUT2D eigenvalue weighted by molar-refractivity contribution is 7.91. The van der Waals surface area contributed by atoms with E-state index >= 15 is 0 Å². The molecule has 0 heterocycles. The van der Waals surface area contributed by atoms with E-state index in [1.54, 1.807) is 6.92 Å². The lowest BCUT2D eigenvalue weighted by molar-refractivity contribution is -0.387. The predicted octanol–water partition coefficient (Wildman–Crippen LogP) is 2.43. The highest BCUT2D eigenvalue weighted by atomic mass is 35.5. The molecule has 1 aromatic rings. The fourth-order valence-electron chi connectivity index (χ4n) is 1.32. The summed E-state index contributed by atoms with van der Waals surface area (Å²) in [6.07, 6.45) is 0.380. The van der Waals surface area contributed by atoms with Crippen LogP contribution in [-0.2, 0) is 9.84 Å². The summed E-state index contributed by atoms with van der Waals surface area (Å²) >= 11 is 5.71. The van der Waals surface area contributed by atoms with E-state index in [0.717, 1.165) is 6.07 Å². The highest BCUT2D eigenvalue weighted by Crippen LogP contribution is 2.31. The van der Waals surface area contributed by atoms with Crippen LogP contribution in [0.4, 0.5) is 5.69 Å². The Morgan fingerprint density at radius 1 is 1.44 bits per heavy atom. The first-order valence-electron chi connectivity index (χ1n) is 4.55. The summed E-state index contributed by atoms with van der Waals surface area (Å²) in [5, 5.41) is 10.6. The first kappa shape index (κ1) is 12.9. The summed E-state index contributed by atoms with van der Waals surface area (Å²) in [7, 11) is -3.69. The molecule has 0 fully saturated rings. The molecular formula is C9H10ClNO4S. The van der Waals surface area contributed by atoms with Gasteiger partial charge in [0.05, 0.1) is 15.7 Å². The van der Waals surface area contributed by atoms with E-state index in [0.29, 0.717) is 6.42 Å². The van der Waals surface area contributed by atoms with Crippen LogP contribution in [-0.4, -0.2) is 19.1 Å². The molecule has 0 saturated carbocycles. The Kier molecular flexibility index (Phi) is 3.88. The molecule has 0 radical (unpaired) electrons. The third kappa shape index (κ3) is 2.51. The zero-order chi connectivity index (χ0) is 12.3. The van der Waals surface area contributed by atoms with E-state index in [1.807, 2.05) is 0 Å². The SMILES string of the molecule is CCCS(=O)(=O)c1c(Cl)cccc1[N+](=O)[O-]. The fraction of sp³-hybridized carbons (Fsp3) is 0.333. The third-order valence-corrected chi connectivity index (χ3v) is 4.35. The smallest absolute Gasteiger partial charge is 0.258 e. The molecule has 1 aromatic carbocycles. The number of hydrogen-bond acceptors (Lipinski definition) is 4. The van der Waals surface area contributed by atoms with Gasteiger partial charge < -0.3 is 0 Å². The van der Waals surface area contributed by atoms with Crippen LogP contribution in [0.2, 0.25) is 5.02 Å². The van der Waals surface area contributed by atoms with Crippen molar-refractivity contribution in [1.82, 2.24) is 0 Å². The molecule has 0 aliphatic rings. The fourth-order valence-corrected chi connectivity index (χ4v) is 3.41. The summed E-state index contributed by atoms with van der Waals surface area (Å²) < 4.78 is 23.6. The van der Waals surface area contributed by atoms with Crippen molar-refractivity contribution < 1.29 is 13.3 Å². The molecule has 0 aliphatic heterocycles. The Balaban J connectivity index is 3.48. The number of nitro groups is 1. The second kappa shape index (κ2) is 4.80. The maximum absolute atomic E-state index is 11.8. The molecule has 16 heavy (non-hydrogen) atoms. The first-order chi connectivity index (χ1) is 7.40. The standard InChI is InChI=1S/C9H10ClNO4S/c1-2-6-16(14,15)9-7(10)4-3-5-8(9)11(12)13/h3-5H,2,6H2,1H3. The normalized spacial score (nSPS) is 11.4. The van der Waals surface area contributed by atoms with Crippen molar-refractivity contribution in [3.63, 3.8) is 0 Å². The van der Waals surface area contributed by atoms with E-state index in [9.17, 15) is 18.5 Å². The van der Waals surface area contributed by atoms with Crippen molar-refractivity contribution in [2.75, 3.05) is 5.75 Å². The van der Waals surface area contributed by atoms with Gasteiger partial charge in [-0.1, -0.05) is 24.6 Å². The molecule has 0 unspecified atom stereocenters. The maximum Gasteiger partial charge on any atom is 0.289 e. The summed E-state index contributed by atoms with van der Waals surface area (Å²) in [5.41, 5.74) is -0.471. The second-order valence-corrected chi connectivity index (χ2v) is 5.62. The van der Waals surface area contributed by atoms with Crippen LogP contribution in [0.5, 0.6) is 0 Å². The van der Waals surface area contributed by atoms with Gasteiger partial charge in [0.2, 0.25) is 0 Å². The molecule has 0 bridgehead atoms. The first-order valence-corrected chi connectivity index (χ1v) is 6.59. The van der Waals surface area contributed by atoms with Crippen molar-refractivity contribution in [3.05, 3.63) is 33.3 Å². The van der Waals surface area contributed by atoms with Crippen molar-refractivity contribution in [2.24, 2.45) is 0 Å². The van der Waals surface area contributed by atoms with Gasteiger partial charge in [0, 0.05) is 6.07 Å². The minimum atomic E-state index is -3.69. The lowest BCUT2D eigenvalue weighted by Crippen LogP contribution is -2.09. The van der Waals surface area contributed by atoms with Gasteiger partial charge in [-0.25, -0.2) is 8.42 Å². The van der Waals surface area contributed by atoms with E-state index in [-0.39, 0.29) is 15.7 Å². The molecule has 0 aliphatic carbocycles. The third-order valence-electron chi connectivity index (χ3n) is 1.93. The number of rotatable bonds is 4. The van der Waals surface area contributed by atoms with Gasteiger partial charge in [-0.15, -0.1) is 0 Å². The average Bonchev–Trinajstić information content (AvgIpc) is 2.16. The van der Waals surface area contributed by atoms with E-state index in [4.69, 9.17) is 11.6 Å². The molecule has 7 heteroatoms. The van der Waals surface area contributed by atoms with Gasteiger partial charge in [0.1, 0.15) is 0 Å². The van der Waals surface area contributed by atoms with Crippen LogP contribution in [0.1, 0.15) is 13.3 Å². The summed E-state index contributed by atoms with van der Waals surface area (Å²) in [4.78, 5) is 9.58. The molecule has 0 atom stereocenters. The van der Waals surface area contributed by atoms with Crippen LogP contribution < -0.4 is 0 Å². The number of nitro benzene ring substituents is 1. The Hall–Kier alpha value is -1.14. The van der Waals surface area contributed by atoms with E-state index in [1.165, 1.54) is 12.1 Å². The predicted molar refractivity (Wildman–Crippen MR) is 60.5 cm³/mol. The monoisotopic (exact) mass is 263 g/mol. The van der Waals surface area contributed by atoms with Gasteiger partial charge in [-0.05, 0) is 12.5 Å². The van der Waals surface area contributed by atoms with Crippen molar-refractivity contribution in [2.45, 2.75) is 18.2 Å². The number of nitrogens with zero attached hydrogens (tertiary/aromatic N) is 1. The van der Waals surface area contributed by atoms with Gasteiger partial charge in [0.15, 0.2) is 14.7 Å². The average molecular weight is 264 g/mol. The van der Waals surface area contributed by atoms with Crippen molar-refractivity contribution in [1.29, 1.82) is 0 Å². The highest BCUT2D eigenvalue weighted by Gasteiger charge is 2.27. The molecule has 88 valence electrons. The van der Waals surface area contributed by atoms with Gasteiger partial charge in [-0.3, -0.25) is 10.1 Å². The largest absolute Gasteiger partial charge is 0.289 e. The number of hydrogen-bond donors (Lipinski definition) is 0. The van der Waals surface area contributed by atoms with Crippen LogP contribution in [0.15, 0.2) is 23.1 Å². The Morgan fingerprint density at radius 2 is 2.06 bits per heavy atom. The quantitative estimate of drug-likeness (QED) is 0.617. The minimum Gasteiger partial charge on any atom is -0.258 e. The van der Waals surface area contributed by atoms with Crippen molar-refractivity contribution in [3.8, 4) is 0 Å². The second-order valence-electron chi connectivity index (χ2n) is 3.16. The summed E-state index contributed by atoms with van der Waals surface area (Å²) in [6, 6.07) is 3.82. The zero-order valence-electron chi connectivity index (χ0n) is 8.51. The molecule has 5 nitrogen and oxygen atoms in total. The van der Waals surface area contributed by atoms with Crippen LogP contribution in [0.25, 0.3) is 0 Å². The van der Waals surface area contributed by atoms with Gasteiger partial charge >= 0.3 is 0 Å². The van der Waals surface area contributed by atoms with Crippen LogP contribution in [0.3, 0.4) is 0 Å². The Morgan fingerprint density at radius 3 is 2.56 bits per heavy atom. The van der Waals surface area contributed by atoms with E-state index in [2.05, 4.69) is 0 Å². The van der Waals surface area contributed by atoms with Crippen molar-refractivity contribution >= 4 is 27.1 Å². The molecule has 0 aromatic heterocycles. The van der Waals surface area contributed by atoms with Crippen LogP contribution >= 0.6 is 11.6 Å². The van der Waals surface area contributed by atoms with Gasteiger partial charge in [-0.2, -0.15) is 0 Å². The topological polar surface area (TPSA) is 77.3 Å². The molecule has 0 N–H and O–H groups in total. The number of benzene rings is 1. The maximum atomic E-state index is 11.8. The lowest BCUT2D eigenvalue weighted by Gasteiger charge is -2.05. The Bertz CT molecular complexity index is 512. The molecule has 1 rings (SSSR count). The summed E-state index contributed by atoms with van der Waals surface area (Å²) in [5.74, 6) is -0.155. The van der Waals surface area contributed by atoms with E-state index < -0.39 is 20.4 Å². The minimum absolute atomic E-state index is 0.109. The molecule has 0 amide bonds. The lowest BCUT2D eigenvalue weighted by atomic mass is 10.3. The van der Waals surface area contributed by atoms with Gasteiger partial charge in [0.25, 0.3) is 5.69 Å². The number of halogens is 1. The summed E-state index contributed by atoms with van der Waals surface area (Å²) in [6.45, 7) is 1.68. The number of sulfone groups is 1. The molecular weight excluding hydrogens is 254 g/mol. The van der Waals surface area contributed by atoms with Crippen LogP contribution in [0, 0.1) is 10.1 Å². The molecule has 0 spiro atoms. The Labute approximate surface area is 98.1 Å².